The molecule has 7 nitrogen and oxygen atoms in total. The van der Waals surface area contributed by atoms with Gasteiger partial charge in [-0.2, -0.15) is 0 Å². The summed E-state index contributed by atoms with van der Waals surface area (Å²) in [7, 11) is -3.78. The lowest BCUT2D eigenvalue weighted by atomic mass is 10.0. The van der Waals surface area contributed by atoms with Crippen LogP contribution in [0.5, 0.6) is 0 Å². The second kappa shape index (κ2) is 10.2. The molecule has 0 amide bonds. The number of benzene rings is 2. The highest BCUT2D eigenvalue weighted by Gasteiger charge is 2.28. The van der Waals surface area contributed by atoms with Gasteiger partial charge >= 0.3 is 0 Å². The molecule has 1 aromatic heterocycles. The van der Waals surface area contributed by atoms with Gasteiger partial charge in [0.1, 0.15) is 11.6 Å². The third-order valence-corrected chi connectivity index (χ3v) is 8.25. The molecule has 0 spiro atoms. The number of rotatable bonds is 6. The average molecular weight is 496 g/mol. The third kappa shape index (κ3) is 5.57. The van der Waals surface area contributed by atoms with E-state index in [-0.39, 0.29) is 4.90 Å². The number of halogens is 1. The molecule has 0 saturated carbocycles. The zero-order valence-corrected chi connectivity index (χ0v) is 20.4. The number of nitrogens with zero attached hydrogens (tertiary/aromatic N) is 4. The summed E-state index contributed by atoms with van der Waals surface area (Å²) in [6.07, 6.45) is 4.00. The lowest BCUT2D eigenvalue weighted by Gasteiger charge is -2.43. The Morgan fingerprint density at radius 1 is 0.829 bits per heavy atom. The average Bonchev–Trinajstić information content (AvgIpc) is 2.90. The van der Waals surface area contributed by atoms with Crippen molar-refractivity contribution in [2.24, 2.45) is 0 Å². The summed E-state index contributed by atoms with van der Waals surface area (Å²) < 4.78 is 41.1. The van der Waals surface area contributed by atoms with Gasteiger partial charge in [-0.25, -0.2) is 17.8 Å². The summed E-state index contributed by atoms with van der Waals surface area (Å²) in [6, 6.07) is 18.9. The zero-order valence-electron chi connectivity index (χ0n) is 19.6. The van der Waals surface area contributed by atoms with Crippen molar-refractivity contribution in [1.82, 2.24) is 9.88 Å². The fourth-order valence-corrected chi connectivity index (χ4v) is 5.99. The molecule has 2 aliphatic rings. The number of anilines is 3. The fourth-order valence-electron chi connectivity index (χ4n) is 4.94. The summed E-state index contributed by atoms with van der Waals surface area (Å²) in [5.41, 5.74) is 1.50. The van der Waals surface area contributed by atoms with E-state index in [1.807, 2.05) is 36.5 Å². The molecule has 1 N–H and O–H groups in total. The molecule has 2 fully saturated rings. The molecule has 5 rings (SSSR count). The van der Waals surface area contributed by atoms with Crippen molar-refractivity contribution in [2.75, 3.05) is 53.8 Å². The van der Waals surface area contributed by atoms with Gasteiger partial charge in [0.05, 0.1) is 10.6 Å². The van der Waals surface area contributed by atoms with E-state index >= 15 is 0 Å². The van der Waals surface area contributed by atoms with E-state index in [1.165, 1.54) is 12.1 Å². The van der Waals surface area contributed by atoms with Crippen LogP contribution in [0, 0.1) is 5.82 Å². The number of pyridine rings is 1. The Morgan fingerprint density at radius 2 is 1.57 bits per heavy atom. The molecular formula is C26H30FN5O2S. The molecule has 3 heterocycles. The van der Waals surface area contributed by atoms with Gasteiger partial charge in [0, 0.05) is 57.2 Å². The number of nitrogens with one attached hydrogen (secondary N) is 1. The van der Waals surface area contributed by atoms with Crippen molar-refractivity contribution in [3.05, 3.63) is 78.7 Å². The largest absolute Gasteiger partial charge is 0.371 e. The Labute approximate surface area is 206 Å². The fraction of sp³-hybridized carbons (Fsp3) is 0.346. The van der Waals surface area contributed by atoms with Crippen LogP contribution >= 0.6 is 0 Å². The van der Waals surface area contributed by atoms with E-state index in [1.54, 1.807) is 6.07 Å². The van der Waals surface area contributed by atoms with Crippen LogP contribution in [-0.4, -0.2) is 63.6 Å². The van der Waals surface area contributed by atoms with Crippen LogP contribution in [0.2, 0.25) is 0 Å². The van der Waals surface area contributed by atoms with Gasteiger partial charge in [0.15, 0.2) is 0 Å². The van der Waals surface area contributed by atoms with E-state index < -0.39 is 15.8 Å². The van der Waals surface area contributed by atoms with Crippen molar-refractivity contribution in [3.63, 3.8) is 0 Å². The van der Waals surface area contributed by atoms with Gasteiger partial charge in [0.2, 0.25) is 0 Å². The van der Waals surface area contributed by atoms with Crippen molar-refractivity contribution in [2.45, 2.75) is 23.8 Å². The van der Waals surface area contributed by atoms with Crippen molar-refractivity contribution in [3.8, 4) is 0 Å². The molecule has 2 saturated heterocycles. The van der Waals surface area contributed by atoms with Gasteiger partial charge in [0.25, 0.3) is 10.0 Å². The molecule has 0 aliphatic carbocycles. The van der Waals surface area contributed by atoms with Crippen LogP contribution in [0.4, 0.5) is 21.6 Å². The number of aromatic nitrogens is 1. The van der Waals surface area contributed by atoms with Crippen LogP contribution in [0.15, 0.2) is 77.8 Å². The molecule has 3 aromatic rings. The molecular weight excluding hydrogens is 465 g/mol. The van der Waals surface area contributed by atoms with Crippen molar-refractivity contribution in [1.29, 1.82) is 0 Å². The van der Waals surface area contributed by atoms with Gasteiger partial charge in [-0.3, -0.25) is 9.62 Å². The first-order valence-corrected chi connectivity index (χ1v) is 13.5. The van der Waals surface area contributed by atoms with Crippen LogP contribution in [0.25, 0.3) is 0 Å². The number of piperidine rings is 1. The predicted molar refractivity (Wildman–Crippen MR) is 137 cm³/mol. The Bertz CT molecular complexity index is 1220. The highest BCUT2D eigenvalue weighted by Crippen LogP contribution is 2.27. The van der Waals surface area contributed by atoms with Gasteiger partial charge in [-0.05, 0) is 67.4 Å². The monoisotopic (exact) mass is 495 g/mol. The summed E-state index contributed by atoms with van der Waals surface area (Å²) in [5, 5.41) is 0. The summed E-state index contributed by atoms with van der Waals surface area (Å²) in [4.78, 5) is 11.8. The highest BCUT2D eigenvalue weighted by atomic mass is 32.2. The number of piperazine rings is 1. The Kier molecular flexibility index (Phi) is 6.88. The Hall–Kier alpha value is -3.17. The molecule has 2 aromatic carbocycles. The Morgan fingerprint density at radius 3 is 2.26 bits per heavy atom. The molecule has 2 aliphatic heterocycles. The van der Waals surface area contributed by atoms with Crippen LogP contribution in [0.3, 0.4) is 0 Å². The maximum absolute atomic E-state index is 13.2. The third-order valence-electron chi connectivity index (χ3n) is 6.86. The summed E-state index contributed by atoms with van der Waals surface area (Å²) in [6.45, 7) is 5.93. The normalized spacial score (nSPS) is 18.0. The first-order chi connectivity index (χ1) is 17.0. The number of hydrogen-bond donors (Lipinski definition) is 1. The maximum atomic E-state index is 13.2. The topological polar surface area (TPSA) is 68.8 Å². The van der Waals surface area contributed by atoms with Crippen LogP contribution in [-0.2, 0) is 10.0 Å². The van der Waals surface area contributed by atoms with Gasteiger partial charge in [-0.1, -0.05) is 12.1 Å². The van der Waals surface area contributed by atoms with Crippen LogP contribution < -0.4 is 14.5 Å². The van der Waals surface area contributed by atoms with E-state index in [0.29, 0.717) is 11.7 Å². The summed E-state index contributed by atoms with van der Waals surface area (Å²) in [5.74, 6) is 0.585. The second-order valence-corrected chi connectivity index (χ2v) is 10.7. The second-order valence-electron chi connectivity index (χ2n) is 9.04. The molecule has 0 unspecified atom stereocenters. The number of sulfonamides is 1. The molecule has 0 radical (unpaired) electrons. The van der Waals surface area contributed by atoms with E-state index in [4.69, 9.17) is 0 Å². The number of hydrogen-bond acceptors (Lipinski definition) is 6. The van der Waals surface area contributed by atoms with Crippen LogP contribution in [0.1, 0.15) is 12.8 Å². The predicted octanol–water partition coefficient (Wildman–Crippen LogP) is 3.81. The molecule has 9 heteroatoms. The van der Waals surface area contributed by atoms with E-state index in [9.17, 15) is 12.8 Å². The van der Waals surface area contributed by atoms with E-state index in [2.05, 4.69) is 30.5 Å². The molecule has 35 heavy (non-hydrogen) atoms. The zero-order chi connectivity index (χ0) is 24.3. The summed E-state index contributed by atoms with van der Waals surface area (Å²) >= 11 is 0. The lowest BCUT2D eigenvalue weighted by molar-refractivity contribution is 0.159. The Balaban J connectivity index is 1.16. The smallest absolute Gasteiger partial charge is 0.261 e. The standard InChI is InChI=1S/C26H30FN5O2S/c27-21-7-9-25(10-8-21)35(33,34)29-22-4-3-5-24(20-22)30-14-11-23(12-15-30)31-16-18-32(19-17-31)26-6-1-2-13-28-26/h1-10,13,20,23,29H,11-12,14-19H2. The van der Waals surface area contributed by atoms with Crippen molar-refractivity contribution >= 4 is 27.2 Å². The van der Waals surface area contributed by atoms with E-state index in [0.717, 1.165) is 75.7 Å². The minimum atomic E-state index is -3.78. The first kappa shape index (κ1) is 23.6. The lowest BCUT2D eigenvalue weighted by Crippen LogP contribution is -2.53. The van der Waals surface area contributed by atoms with Crippen molar-refractivity contribution < 1.29 is 12.8 Å². The quantitative estimate of drug-likeness (QED) is 0.561. The first-order valence-electron chi connectivity index (χ1n) is 12.0. The minimum absolute atomic E-state index is 0.0354. The minimum Gasteiger partial charge on any atom is -0.371 e. The maximum Gasteiger partial charge on any atom is 0.261 e. The van der Waals surface area contributed by atoms with Gasteiger partial charge < -0.3 is 9.80 Å². The molecule has 0 atom stereocenters. The van der Waals surface area contributed by atoms with Gasteiger partial charge in [-0.15, -0.1) is 0 Å². The molecule has 0 bridgehead atoms. The highest BCUT2D eigenvalue weighted by molar-refractivity contribution is 7.92. The molecule has 184 valence electrons. The SMILES string of the molecule is O=S(=O)(Nc1cccc(N2CCC(N3CCN(c4ccccn4)CC3)CC2)c1)c1ccc(F)cc1.